The van der Waals surface area contributed by atoms with Gasteiger partial charge in [0.25, 0.3) is 0 Å². The second-order valence-corrected chi connectivity index (χ2v) is 5.35. The van der Waals surface area contributed by atoms with E-state index in [2.05, 4.69) is 4.98 Å². The van der Waals surface area contributed by atoms with Gasteiger partial charge in [-0.05, 0) is 18.6 Å². The second-order valence-electron chi connectivity index (χ2n) is 4.30. The molecule has 1 fully saturated rings. The molecule has 92 valence electrons. The topological polar surface area (TPSA) is 53.4 Å². The molecule has 1 aliphatic heterocycles. The normalized spacial score (nSPS) is 17.6. The maximum atomic E-state index is 11.8. The Kier molecular flexibility index (Phi) is 3.69. The third kappa shape index (κ3) is 2.98. The average Bonchev–Trinajstić information content (AvgIpc) is 2.33. The Morgan fingerprint density at radius 3 is 2.76 bits per heavy atom. The smallest absolute Gasteiger partial charge is 0.233 e. The molecule has 1 aromatic heterocycles. The summed E-state index contributed by atoms with van der Waals surface area (Å²) >= 11 is 1.50. The minimum Gasteiger partial charge on any atom is -0.386 e. The van der Waals surface area contributed by atoms with Crippen LogP contribution in [0.5, 0.6) is 0 Å². The molecular weight excluding hydrogens is 236 g/mol. The number of nitrogens with zero attached hydrogens (tertiary/aromatic N) is 2. The van der Waals surface area contributed by atoms with Crippen LogP contribution in [-0.2, 0) is 4.79 Å². The van der Waals surface area contributed by atoms with Crippen molar-refractivity contribution >= 4 is 17.7 Å². The average molecular weight is 252 g/mol. The van der Waals surface area contributed by atoms with Crippen LogP contribution < -0.4 is 0 Å². The first kappa shape index (κ1) is 12.4. The van der Waals surface area contributed by atoms with Crippen LogP contribution in [0.25, 0.3) is 0 Å². The minimum atomic E-state index is -0.642. The predicted molar refractivity (Wildman–Crippen MR) is 66.8 cm³/mol. The van der Waals surface area contributed by atoms with Crippen molar-refractivity contribution in [1.29, 1.82) is 0 Å². The summed E-state index contributed by atoms with van der Waals surface area (Å²) < 4.78 is 0. The fourth-order valence-electron chi connectivity index (χ4n) is 1.74. The zero-order valence-corrected chi connectivity index (χ0v) is 10.6. The van der Waals surface area contributed by atoms with Crippen LogP contribution >= 0.6 is 11.8 Å². The minimum absolute atomic E-state index is 0.0879. The van der Waals surface area contributed by atoms with Crippen molar-refractivity contribution in [2.24, 2.45) is 0 Å². The van der Waals surface area contributed by atoms with Gasteiger partial charge in [-0.3, -0.25) is 9.78 Å². The molecule has 17 heavy (non-hydrogen) atoms. The number of hydrogen-bond donors (Lipinski definition) is 1. The summed E-state index contributed by atoms with van der Waals surface area (Å²) in [6.45, 7) is 2.88. The highest BCUT2D eigenvalue weighted by molar-refractivity contribution is 8.00. The molecule has 1 N–H and O–H groups in total. The first-order valence-electron chi connectivity index (χ1n) is 5.66. The number of likely N-dealkylation sites (tertiary alicyclic amines) is 1. The van der Waals surface area contributed by atoms with E-state index >= 15 is 0 Å². The van der Waals surface area contributed by atoms with Gasteiger partial charge in [-0.25, -0.2) is 0 Å². The van der Waals surface area contributed by atoms with Gasteiger partial charge in [0.2, 0.25) is 5.91 Å². The molecule has 0 aromatic carbocycles. The van der Waals surface area contributed by atoms with Gasteiger partial charge in [0, 0.05) is 17.3 Å². The quantitative estimate of drug-likeness (QED) is 0.817. The van der Waals surface area contributed by atoms with Gasteiger partial charge in [0.15, 0.2) is 0 Å². The summed E-state index contributed by atoms with van der Waals surface area (Å²) in [5.41, 5.74) is -0.642. The number of pyridine rings is 1. The van der Waals surface area contributed by atoms with E-state index in [9.17, 15) is 9.90 Å². The highest BCUT2D eigenvalue weighted by Gasteiger charge is 2.41. The third-order valence-electron chi connectivity index (χ3n) is 2.99. The Labute approximate surface area is 105 Å². The van der Waals surface area contributed by atoms with Gasteiger partial charge in [-0.15, -0.1) is 11.8 Å². The molecule has 0 unspecified atom stereocenters. The largest absolute Gasteiger partial charge is 0.386 e. The van der Waals surface area contributed by atoms with E-state index in [1.807, 2.05) is 19.1 Å². The van der Waals surface area contributed by atoms with Gasteiger partial charge in [0.05, 0.1) is 24.4 Å². The molecular formula is C12H16N2O2S. The second kappa shape index (κ2) is 5.06. The van der Waals surface area contributed by atoms with Gasteiger partial charge >= 0.3 is 0 Å². The summed E-state index contributed by atoms with van der Waals surface area (Å²) in [4.78, 5) is 18.5. The number of amides is 1. The van der Waals surface area contributed by atoms with E-state index in [0.29, 0.717) is 25.3 Å². The summed E-state index contributed by atoms with van der Waals surface area (Å²) in [5, 5.41) is 9.81. The van der Waals surface area contributed by atoms with Crippen molar-refractivity contribution < 1.29 is 9.90 Å². The summed E-state index contributed by atoms with van der Waals surface area (Å²) in [6, 6.07) is 3.77. The van der Waals surface area contributed by atoms with Gasteiger partial charge in [-0.2, -0.15) is 0 Å². The molecule has 0 bridgehead atoms. The molecule has 1 aliphatic rings. The van der Waals surface area contributed by atoms with Crippen molar-refractivity contribution in [3.8, 4) is 0 Å². The first-order chi connectivity index (χ1) is 8.13. The highest BCUT2D eigenvalue weighted by atomic mass is 32.2. The van der Waals surface area contributed by atoms with Gasteiger partial charge in [0.1, 0.15) is 0 Å². The molecule has 1 saturated heterocycles. The number of carbonyl (C=O) groups excluding carboxylic acids is 1. The fraction of sp³-hybridized carbons (Fsp3) is 0.500. The number of carbonyl (C=O) groups is 1. The maximum absolute atomic E-state index is 11.8. The van der Waals surface area contributed by atoms with Crippen LogP contribution in [-0.4, -0.2) is 45.3 Å². The zero-order valence-electron chi connectivity index (χ0n) is 9.80. The lowest BCUT2D eigenvalue weighted by atomic mass is 9.91. The molecule has 0 radical (unpaired) electrons. The van der Waals surface area contributed by atoms with Crippen molar-refractivity contribution in [2.45, 2.75) is 23.8 Å². The molecule has 4 nitrogen and oxygen atoms in total. The van der Waals surface area contributed by atoms with Crippen molar-refractivity contribution in [2.75, 3.05) is 18.8 Å². The SMILES string of the molecule is CCC1(O)CN(C(=O)CSc2ccncc2)C1. The van der Waals surface area contributed by atoms with Crippen molar-refractivity contribution in [3.05, 3.63) is 24.5 Å². The number of thioether (sulfide) groups is 1. The summed E-state index contributed by atoms with van der Waals surface area (Å²) in [6.07, 6.45) is 4.13. The summed E-state index contributed by atoms with van der Waals surface area (Å²) in [5.74, 6) is 0.508. The van der Waals surface area contributed by atoms with E-state index in [1.165, 1.54) is 11.8 Å². The molecule has 2 heterocycles. The van der Waals surface area contributed by atoms with Crippen molar-refractivity contribution in [3.63, 3.8) is 0 Å². The standard InChI is InChI=1S/C12H16N2O2S/c1-2-12(16)8-14(9-12)11(15)7-17-10-3-5-13-6-4-10/h3-6,16H,2,7-9H2,1H3. The third-order valence-corrected chi connectivity index (χ3v) is 3.99. The number of hydrogen-bond acceptors (Lipinski definition) is 4. The first-order valence-corrected chi connectivity index (χ1v) is 6.64. The van der Waals surface area contributed by atoms with Crippen molar-refractivity contribution in [1.82, 2.24) is 9.88 Å². The van der Waals surface area contributed by atoms with Gasteiger partial charge < -0.3 is 10.0 Å². The highest BCUT2D eigenvalue weighted by Crippen LogP contribution is 2.25. The molecule has 5 heteroatoms. The van der Waals surface area contributed by atoms with Crippen LogP contribution in [0, 0.1) is 0 Å². The number of β-amino-alcohol motifs (C(OH)–C–C–N with tert-alkyl or cyclic N) is 1. The lowest BCUT2D eigenvalue weighted by molar-refractivity contribution is -0.152. The molecule has 0 spiro atoms. The Balaban J connectivity index is 1.76. The Morgan fingerprint density at radius 2 is 2.18 bits per heavy atom. The lowest BCUT2D eigenvalue weighted by Gasteiger charge is -2.46. The van der Waals surface area contributed by atoms with Crippen LogP contribution in [0.15, 0.2) is 29.4 Å². The molecule has 0 atom stereocenters. The van der Waals surface area contributed by atoms with Crippen LogP contribution in [0.4, 0.5) is 0 Å². The number of rotatable bonds is 4. The maximum Gasteiger partial charge on any atom is 0.233 e. The Morgan fingerprint density at radius 1 is 1.53 bits per heavy atom. The van der Waals surface area contributed by atoms with Crippen LogP contribution in [0.3, 0.4) is 0 Å². The fourth-order valence-corrected chi connectivity index (χ4v) is 2.52. The predicted octanol–water partition coefficient (Wildman–Crippen LogP) is 1.16. The Bertz CT molecular complexity index is 391. The number of aromatic nitrogens is 1. The molecule has 1 amide bonds. The lowest BCUT2D eigenvalue weighted by Crippen LogP contribution is -2.63. The van der Waals surface area contributed by atoms with Crippen LogP contribution in [0.2, 0.25) is 0 Å². The molecule has 0 aliphatic carbocycles. The van der Waals surface area contributed by atoms with Gasteiger partial charge in [-0.1, -0.05) is 6.92 Å². The van der Waals surface area contributed by atoms with E-state index < -0.39 is 5.60 Å². The summed E-state index contributed by atoms with van der Waals surface area (Å²) in [7, 11) is 0. The Hall–Kier alpha value is -1.07. The molecule has 0 saturated carbocycles. The molecule has 2 rings (SSSR count). The van der Waals surface area contributed by atoms with E-state index in [4.69, 9.17) is 0 Å². The number of aliphatic hydroxyl groups is 1. The monoisotopic (exact) mass is 252 g/mol. The van der Waals surface area contributed by atoms with Crippen LogP contribution in [0.1, 0.15) is 13.3 Å². The van der Waals surface area contributed by atoms with E-state index in [-0.39, 0.29) is 5.91 Å². The molecule has 1 aromatic rings. The van der Waals surface area contributed by atoms with E-state index in [0.717, 1.165) is 4.90 Å². The van der Waals surface area contributed by atoms with E-state index in [1.54, 1.807) is 17.3 Å². The zero-order chi connectivity index (χ0) is 12.3.